The average Bonchev–Trinajstić information content (AvgIpc) is 2.79. The minimum atomic E-state index is 0. The van der Waals surface area contributed by atoms with Gasteiger partial charge < -0.3 is 11.1 Å². The molecule has 32 heavy (non-hydrogen) atoms. The molecule has 0 spiro atoms. The Hall–Kier alpha value is -2.66. The largest absolute Gasteiger partial charge is 0.397 e. The first-order chi connectivity index (χ1) is 15.0. The SMILES string of the molecule is C.CCCBr.CCCNc1cccc2ccc(C)nc12.Cc1ccc2cccc(N)c2n1. The predicted molar refractivity (Wildman–Crippen MR) is 147 cm³/mol. The first-order valence-corrected chi connectivity index (χ1v) is 11.9. The lowest BCUT2D eigenvalue weighted by molar-refractivity contribution is 0.980. The summed E-state index contributed by atoms with van der Waals surface area (Å²) >= 11 is 3.25. The zero-order valence-corrected chi connectivity index (χ0v) is 20.5. The van der Waals surface area contributed by atoms with Crippen molar-refractivity contribution in [2.45, 2.75) is 48.0 Å². The van der Waals surface area contributed by atoms with Gasteiger partial charge >= 0.3 is 0 Å². The van der Waals surface area contributed by atoms with Gasteiger partial charge in [-0.05, 0) is 51.0 Å². The number of rotatable bonds is 4. The van der Waals surface area contributed by atoms with Crippen LogP contribution in [-0.2, 0) is 0 Å². The highest BCUT2D eigenvalue weighted by Crippen LogP contribution is 2.21. The number of aryl methyl sites for hydroxylation is 2. The van der Waals surface area contributed by atoms with Gasteiger partial charge in [-0.25, -0.2) is 0 Å². The summed E-state index contributed by atoms with van der Waals surface area (Å²) in [6.07, 6.45) is 2.36. The number of halogens is 1. The molecule has 0 saturated carbocycles. The molecule has 0 aliphatic rings. The molecular formula is C27H37BrN4. The number of nitrogens with one attached hydrogen (secondary N) is 1. The molecule has 0 radical (unpaired) electrons. The first kappa shape index (κ1) is 27.4. The number of anilines is 2. The summed E-state index contributed by atoms with van der Waals surface area (Å²) in [7, 11) is 0. The van der Waals surface area contributed by atoms with Crippen LogP contribution in [0.15, 0.2) is 60.7 Å². The molecule has 0 aliphatic heterocycles. The Labute approximate surface area is 201 Å². The van der Waals surface area contributed by atoms with E-state index in [0.717, 1.165) is 57.5 Å². The fourth-order valence-electron chi connectivity index (χ4n) is 2.91. The Morgan fingerprint density at radius 3 is 1.88 bits per heavy atom. The monoisotopic (exact) mass is 496 g/mol. The number of para-hydroxylation sites is 2. The number of nitrogen functional groups attached to an aromatic ring is 1. The van der Waals surface area contributed by atoms with Crippen LogP contribution in [0.1, 0.15) is 45.5 Å². The van der Waals surface area contributed by atoms with Crippen molar-refractivity contribution in [1.82, 2.24) is 9.97 Å². The third kappa shape index (κ3) is 8.12. The molecule has 2 aromatic heterocycles. The molecule has 172 valence electrons. The van der Waals surface area contributed by atoms with Crippen molar-refractivity contribution in [1.29, 1.82) is 0 Å². The number of aromatic nitrogens is 2. The minimum Gasteiger partial charge on any atom is -0.397 e. The topological polar surface area (TPSA) is 63.8 Å². The Morgan fingerprint density at radius 2 is 1.31 bits per heavy atom. The first-order valence-electron chi connectivity index (χ1n) is 10.8. The molecule has 4 aromatic rings. The van der Waals surface area contributed by atoms with Crippen LogP contribution in [0.25, 0.3) is 21.8 Å². The molecule has 0 unspecified atom stereocenters. The standard InChI is InChI=1S/C13H16N2.C10H10N2.C3H7Br.CH4/c1-3-9-14-12-6-4-5-11-8-7-10(2)15-13(11)12;1-7-5-6-8-3-2-4-9(11)10(8)12-7;1-2-3-4;/h4-8,14H,3,9H2,1-2H3;2-6H,11H2,1H3;2-3H2,1H3;1H4. The molecule has 0 bridgehead atoms. The number of fused-ring (bicyclic) bond motifs is 2. The number of nitrogens with two attached hydrogens (primary N) is 1. The summed E-state index contributed by atoms with van der Waals surface area (Å²) in [6, 6.07) is 20.3. The van der Waals surface area contributed by atoms with E-state index in [1.807, 2.05) is 50.2 Å². The quantitative estimate of drug-likeness (QED) is 0.222. The Kier molecular flexibility index (Phi) is 12.3. The summed E-state index contributed by atoms with van der Waals surface area (Å²) in [6.45, 7) is 9.28. The minimum absolute atomic E-state index is 0. The van der Waals surface area contributed by atoms with Crippen LogP contribution >= 0.6 is 15.9 Å². The lowest BCUT2D eigenvalue weighted by Gasteiger charge is -2.08. The normalized spacial score (nSPS) is 9.78. The van der Waals surface area contributed by atoms with Crippen LogP contribution in [0.4, 0.5) is 11.4 Å². The highest BCUT2D eigenvalue weighted by atomic mass is 79.9. The fraction of sp³-hybridized carbons (Fsp3) is 0.333. The molecule has 0 amide bonds. The van der Waals surface area contributed by atoms with Crippen LogP contribution in [0.5, 0.6) is 0 Å². The maximum Gasteiger partial charge on any atom is 0.0936 e. The predicted octanol–water partition coefficient (Wildman–Crippen LogP) is 7.92. The number of hydrogen-bond acceptors (Lipinski definition) is 4. The van der Waals surface area contributed by atoms with Crippen molar-refractivity contribution in [3.63, 3.8) is 0 Å². The van der Waals surface area contributed by atoms with Crippen molar-refractivity contribution in [3.8, 4) is 0 Å². The van der Waals surface area contributed by atoms with E-state index >= 15 is 0 Å². The van der Waals surface area contributed by atoms with Gasteiger partial charge in [0.1, 0.15) is 0 Å². The van der Waals surface area contributed by atoms with E-state index in [1.165, 1.54) is 11.8 Å². The molecule has 0 saturated heterocycles. The highest BCUT2D eigenvalue weighted by Gasteiger charge is 2.01. The molecule has 2 aromatic carbocycles. The van der Waals surface area contributed by atoms with Gasteiger partial charge in [0.2, 0.25) is 0 Å². The van der Waals surface area contributed by atoms with Gasteiger partial charge in [-0.1, -0.05) is 73.6 Å². The molecule has 0 fully saturated rings. The smallest absolute Gasteiger partial charge is 0.0936 e. The average molecular weight is 498 g/mol. The van der Waals surface area contributed by atoms with Gasteiger partial charge in [-0.15, -0.1) is 0 Å². The molecule has 4 nitrogen and oxygen atoms in total. The summed E-state index contributed by atoms with van der Waals surface area (Å²) < 4.78 is 0. The van der Waals surface area contributed by atoms with Crippen molar-refractivity contribution < 1.29 is 0 Å². The Balaban J connectivity index is 0.000000272. The third-order valence-corrected chi connectivity index (χ3v) is 5.30. The molecule has 2 heterocycles. The summed E-state index contributed by atoms with van der Waals surface area (Å²) in [4.78, 5) is 8.92. The van der Waals surface area contributed by atoms with Crippen LogP contribution in [0.3, 0.4) is 0 Å². The second kappa shape index (κ2) is 14.4. The number of nitrogens with zero attached hydrogens (tertiary/aromatic N) is 2. The molecule has 5 heteroatoms. The van der Waals surface area contributed by atoms with Gasteiger partial charge in [0.15, 0.2) is 0 Å². The summed E-state index contributed by atoms with van der Waals surface area (Å²) in [5.41, 5.74) is 11.7. The molecule has 3 N–H and O–H groups in total. The fourth-order valence-corrected chi connectivity index (χ4v) is 2.91. The third-order valence-electron chi connectivity index (χ3n) is 4.50. The zero-order chi connectivity index (χ0) is 22.6. The lowest BCUT2D eigenvalue weighted by Crippen LogP contribution is -2.01. The highest BCUT2D eigenvalue weighted by molar-refractivity contribution is 9.09. The van der Waals surface area contributed by atoms with Crippen molar-refractivity contribution >= 4 is 49.1 Å². The lowest BCUT2D eigenvalue weighted by atomic mass is 10.1. The van der Waals surface area contributed by atoms with Crippen molar-refractivity contribution in [2.24, 2.45) is 0 Å². The molecule has 0 aliphatic carbocycles. The summed E-state index contributed by atoms with van der Waals surface area (Å²) in [5, 5.41) is 6.83. The second-order valence-electron chi connectivity index (χ2n) is 7.32. The summed E-state index contributed by atoms with van der Waals surface area (Å²) in [5.74, 6) is 0. The van der Waals surface area contributed by atoms with Crippen molar-refractivity contribution in [3.05, 3.63) is 72.1 Å². The van der Waals surface area contributed by atoms with Gasteiger partial charge in [-0.2, -0.15) is 0 Å². The van der Waals surface area contributed by atoms with Gasteiger partial charge in [0, 0.05) is 34.0 Å². The number of benzene rings is 2. The van der Waals surface area contributed by atoms with Gasteiger partial charge in [0.05, 0.1) is 22.4 Å². The number of pyridine rings is 2. The Bertz CT molecular complexity index is 1090. The van der Waals surface area contributed by atoms with Crippen LogP contribution in [0, 0.1) is 13.8 Å². The van der Waals surface area contributed by atoms with Crippen molar-refractivity contribution in [2.75, 3.05) is 22.9 Å². The number of alkyl halides is 1. The van der Waals surface area contributed by atoms with Crippen LogP contribution < -0.4 is 11.1 Å². The van der Waals surface area contributed by atoms with E-state index in [0.29, 0.717) is 0 Å². The van der Waals surface area contributed by atoms with Crippen LogP contribution in [-0.4, -0.2) is 21.8 Å². The maximum absolute atomic E-state index is 5.76. The van der Waals surface area contributed by atoms with E-state index in [4.69, 9.17) is 5.73 Å². The molecular weight excluding hydrogens is 460 g/mol. The zero-order valence-electron chi connectivity index (χ0n) is 19.0. The van der Waals surface area contributed by atoms with Gasteiger partial charge in [-0.3, -0.25) is 9.97 Å². The van der Waals surface area contributed by atoms with E-state index in [1.54, 1.807) is 0 Å². The van der Waals surface area contributed by atoms with Gasteiger partial charge in [0.25, 0.3) is 0 Å². The van der Waals surface area contributed by atoms with E-state index in [-0.39, 0.29) is 7.43 Å². The van der Waals surface area contributed by atoms with Crippen LogP contribution in [0.2, 0.25) is 0 Å². The maximum atomic E-state index is 5.76. The van der Waals surface area contributed by atoms with E-state index < -0.39 is 0 Å². The molecule has 0 atom stereocenters. The van der Waals surface area contributed by atoms with E-state index in [2.05, 4.69) is 69.3 Å². The Morgan fingerprint density at radius 1 is 0.781 bits per heavy atom. The molecule has 4 rings (SSSR count). The number of hydrogen-bond donors (Lipinski definition) is 2. The second-order valence-corrected chi connectivity index (χ2v) is 8.11. The van der Waals surface area contributed by atoms with E-state index in [9.17, 15) is 0 Å².